The molecule has 2 nitrogen and oxygen atoms in total. The molecule has 0 heterocycles. The van der Waals surface area contributed by atoms with Crippen molar-refractivity contribution >= 4 is 8.96 Å². The van der Waals surface area contributed by atoms with Crippen LogP contribution in [0.4, 0.5) is 0 Å². The highest BCUT2D eigenvalue weighted by atomic mass is 28.3. The van der Waals surface area contributed by atoms with Crippen molar-refractivity contribution in [3.8, 4) is 0 Å². The summed E-state index contributed by atoms with van der Waals surface area (Å²) in [5.41, 5.74) is 0. The van der Waals surface area contributed by atoms with Gasteiger partial charge >= 0.3 is 0 Å². The molecule has 1 N–H and O–H groups in total. The van der Waals surface area contributed by atoms with Crippen LogP contribution in [0.5, 0.6) is 0 Å². The summed E-state index contributed by atoms with van der Waals surface area (Å²) in [6.45, 7) is 4.31. The Kier molecular flexibility index (Phi) is 3.41. The molecule has 0 aliphatic rings. The normalized spacial score (nSPS) is 10.0. The summed E-state index contributed by atoms with van der Waals surface area (Å²) < 4.78 is 0. The average molecular weight is 105 g/mol. The molecule has 0 unspecified atom stereocenters. The van der Waals surface area contributed by atoms with Crippen LogP contribution in [-0.2, 0) is 4.84 Å². The van der Waals surface area contributed by atoms with E-state index in [9.17, 15) is 0 Å². The third kappa shape index (κ3) is 4.14. The Hall–Kier alpha value is 0.137. The number of nitrogens with one attached hydrogen (secondary N) is 1. The van der Waals surface area contributed by atoms with Gasteiger partial charge in [0.1, 0.15) is 8.96 Å². The van der Waals surface area contributed by atoms with E-state index in [1.165, 1.54) is 0 Å². The fraction of sp³-hybridized carbons (Fsp3) is 1.00. The Balaban J connectivity index is 2.63. The maximum Gasteiger partial charge on any atom is 0.134 e. The number of rotatable bonds is 2. The van der Waals surface area contributed by atoms with Gasteiger partial charge in [0.2, 0.25) is 0 Å². The summed E-state index contributed by atoms with van der Waals surface area (Å²) in [6, 6.07) is 0. The van der Waals surface area contributed by atoms with Gasteiger partial charge in [-0.3, -0.25) is 0 Å². The van der Waals surface area contributed by atoms with Crippen molar-refractivity contribution in [1.82, 2.24) is 5.15 Å². The molecule has 0 aromatic carbocycles. The predicted molar refractivity (Wildman–Crippen MR) is 29.0 cm³/mol. The molecule has 6 heavy (non-hydrogen) atoms. The third-order valence-corrected chi connectivity index (χ3v) is 1.06. The van der Waals surface area contributed by atoms with Gasteiger partial charge in [0, 0.05) is 0 Å². The van der Waals surface area contributed by atoms with Crippen molar-refractivity contribution in [2.75, 3.05) is 7.11 Å². The largest absolute Gasteiger partial charge is 0.313 e. The van der Waals surface area contributed by atoms with Crippen LogP contribution >= 0.6 is 0 Å². The molecule has 0 rings (SSSR count). The molecule has 0 bridgehead atoms. The van der Waals surface area contributed by atoms with Crippen LogP contribution in [0.25, 0.3) is 0 Å². The van der Waals surface area contributed by atoms with Gasteiger partial charge < -0.3 is 4.84 Å². The van der Waals surface area contributed by atoms with Crippen molar-refractivity contribution in [2.24, 2.45) is 0 Å². The molecule has 0 spiro atoms. The second kappa shape index (κ2) is 3.33. The van der Waals surface area contributed by atoms with Crippen molar-refractivity contribution in [3.63, 3.8) is 0 Å². The first-order chi connectivity index (χ1) is 2.77. The summed E-state index contributed by atoms with van der Waals surface area (Å²) in [6.07, 6.45) is 0. The molecule has 0 atom stereocenters. The summed E-state index contributed by atoms with van der Waals surface area (Å²) in [5, 5.41) is 2.85. The maximum absolute atomic E-state index is 4.61. The van der Waals surface area contributed by atoms with E-state index in [0.717, 1.165) is 0 Å². The first kappa shape index (κ1) is 6.14. The van der Waals surface area contributed by atoms with E-state index >= 15 is 0 Å². The van der Waals surface area contributed by atoms with Gasteiger partial charge in [-0.15, -0.1) is 0 Å². The topological polar surface area (TPSA) is 21.3 Å². The third-order valence-electron chi connectivity index (χ3n) is 0.354. The van der Waals surface area contributed by atoms with Gasteiger partial charge in [-0.05, 0) is 0 Å². The fourth-order valence-electron chi connectivity index (χ4n) is 0.236. The smallest absolute Gasteiger partial charge is 0.134 e. The number of hydrogen-bond donors (Lipinski definition) is 1. The van der Waals surface area contributed by atoms with Crippen LogP contribution in [0.1, 0.15) is 0 Å². The lowest BCUT2D eigenvalue weighted by molar-refractivity contribution is 0.150. The SMILES string of the molecule is CON[SiH](C)C. The summed E-state index contributed by atoms with van der Waals surface area (Å²) in [5.74, 6) is 0. The zero-order chi connectivity index (χ0) is 4.99. The van der Waals surface area contributed by atoms with Gasteiger partial charge in [0.15, 0.2) is 0 Å². The van der Waals surface area contributed by atoms with E-state index in [2.05, 4.69) is 23.1 Å². The molecule has 0 amide bonds. The first-order valence-corrected chi connectivity index (χ1v) is 4.94. The second-order valence-electron chi connectivity index (χ2n) is 1.48. The lowest BCUT2D eigenvalue weighted by Gasteiger charge is -1.99. The molecule has 0 radical (unpaired) electrons. The molecule has 38 valence electrons. The maximum atomic E-state index is 4.61. The van der Waals surface area contributed by atoms with E-state index in [4.69, 9.17) is 0 Å². The zero-order valence-electron chi connectivity index (χ0n) is 4.49. The highest BCUT2D eigenvalue weighted by Crippen LogP contribution is 1.66. The van der Waals surface area contributed by atoms with Crippen LogP contribution in [0.2, 0.25) is 13.1 Å². The van der Waals surface area contributed by atoms with E-state index in [1.54, 1.807) is 7.11 Å². The van der Waals surface area contributed by atoms with Crippen LogP contribution in [0, 0.1) is 0 Å². The minimum Gasteiger partial charge on any atom is -0.313 e. The Morgan fingerprint density at radius 1 is 1.50 bits per heavy atom. The average Bonchev–Trinajstić information content (AvgIpc) is 1.35. The van der Waals surface area contributed by atoms with Crippen molar-refractivity contribution in [1.29, 1.82) is 0 Å². The van der Waals surface area contributed by atoms with Crippen molar-refractivity contribution in [3.05, 3.63) is 0 Å². The first-order valence-electron chi connectivity index (χ1n) is 2.06. The Labute approximate surface area is 40.1 Å². The Morgan fingerprint density at radius 3 is 2.00 bits per heavy atom. The quantitative estimate of drug-likeness (QED) is 0.398. The van der Waals surface area contributed by atoms with E-state index in [-0.39, 0.29) is 0 Å². The molecule has 0 fully saturated rings. The predicted octanol–water partition coefficient (Wildman–Crippen LogP) is 0.121. The van der Waals surface area contributed by atoms with Crippen LogP contribution in [-0.4, -0.2) is 16.1 Å². The lowest BCUT2D eigenvalue weighted by Crippen LogP contribution is -2.25. The van der Waals surface area contributed by atoms with Gasteiger partial charge in [-0.1, -0.05) is 13.1 Å². The van der Waals surface area contributed by atoms with Gasteiger partial charge in [0.25, 0.3) is 0 Å². The summed E-state index contributed by atoms with van der Waals surface area (Å²) in [4.78, 5) is 4.61. The van der Waals surface area contributed by atoms with Gasteiger partial charge in [-0.25, -0.2) is 5.15 Å². The minimum atomic E-state index is -0.643. The standard InChI is InChI=1S/C3H11NOSi/c1-5-4-6(2)3/h4,6H,1-3H3. The van der Waals surface area contributed by atoms with E-state index in [1.807, 2.05) is 0 Å². The lowest BCUT2D eigenvalue weighted by atomic mass is 11.7. The minimum absolute atomic E-state index is 0.643. The fourth-order valence-corrected chi connectivity index (χ4v) is 0.707. The van der Waals surface area contributed by atoms with Gasteiger partial charge in [-0.2, -0.15) is 0 Å². The van der Waals surface area contributed by atoms with Crippen molar-refractivity contribution in [2.45, 2.75) is 13.1 Å². The monoisotopic (exact) mass is 105 g/mol. The molecule has 0 aliphatic carbocycles. The molecule has 0 aromatic rings. The second-order valence-corrected chi connectivity index (χ2v) is 4.02. The van der Waals surface area contributed by atoms with E-state index < -0.39 is 8.96 Å². The molecule has 0 saturated heterocycles. The molecular weight excluding hydrogens is 94.1 g/mol. The summed E-state index contributed by atoms with van der Waals surface area (Å²) >= 11 is 0. The van der Waals surface area contributed by atoms with Crippen LogP contribution in [0.3, 0.4) is 0 Å². The molecule has 0 aliphatic heterocycles. The van der Waals surface area contributed by atoms with E-state index in [0.29, 0.717) is 0 Å². The molecule has 0 aromatic heterocycles. The summed E-state index contributed by atoms with van der Waals surface area (Å²) in [7, 11) is 1.00. The molecular formula is C3H11NOSi. The zero-order valence-corrected chi connectivity index (χ0v) is 5.64. The van der Waals surface area contributed by atoms with Crippen molar-refractivity contribution < 1.29 is 4.84 Å². The van der Waals surface area contributed by atoms with Crippen LogP contribution < -0.4 is 5.15 Å². The Bertz CT molecular complexity index is 32.0. The highest BCUT2D eigenvalue weighted by Gasteiger charge is 1.86. The highest BCUT2D eigenvalue weighted by molar-refractivity contribution is 6.52. The van der Waals surface area contributed by atoms with Crippen LogP contribution in [0.15, 0.2) is 0 Å². The molecule has 0 saturated carbocycles. The number of hydrogen-bond acceptors (Lipinski definition) is 2. The molecule has 3 heteroatoms. The van der Waals surface area contributed by atoms with Gasteiger partial charge in [0.05, 0.1) is 7.11 Å². The Morgan fingerprint density at radius 2 is 2.00 bits per heavy atom.